The number of pyridine rings is 1. The van der Waals surface area contributed by atoms with Crippen LogP contribution in [-0.2, 0) is 0 Å². The number of fused-ring (bicyclic) bond motifs is 1. The summed E-state index contributed by atoms with van der Waals surface area (Å²) in [4.78, 5) is 6.81. The number of aromatic nitrogens is 1. The van der Waals surface area contributed by atoms with E-state index in [9.17, 15) is 0 Å². The van der Waals surface area contributed by atoms with Crippen LogP contribution in [0, 0.1) is 5.92 Å². The molecular weight excluding hydrogens is 279 g/mol. The number of alkyl halides is 1. The maximum Gasteiger partial charge on any atom is 0.0737 e. The monoisotopic (exact) mass is 294 g/mol. The van der Waals surface area contributed by atoms with Crippen LogP contribution in [0.25, 0.3) is 10.9 Å². The summed E-state index contributed by atoms with van der Waals surface area (Å²) in [5.41, 5.74) is 2.16. The summed E-state index contributed by atoms with van der Waals surface area (Å²) in [6.45, 7) is 3.33. The van der Waals surface area contributed by atoms with Gasteiger partial charge in [-0.05, 0) is 36.6 Å². The van der Waals surface area contributed by atoms with E-state index in [2.05, 4.69) is 22.9 Å². The SMILES string of the molecule is CC1CCN(c2ccnc3cc(Cl)ccc23)C1CCl. The number of hydrogen-bond acceptors (Lipinski definition) is 2. The molecule has 2 atom stereocenters. The van der Waals surface area contributed by atoms with Crippen molar-refractivity contribution < 1.29 is 0 Å². The summed E-state index contributed by atoms with van der Waals surface area (Å²) < 4.78 is 0. The molecule has 1 fully saturated rings. The first-order valence-electron chi connectivity index (χ1n) is 6.57. The van der Waals surface area contributed by atoms with Gasteiger partial charge >= 0.3 is 0 Å². The molecule has 1 aromatic heterocycles. The van der Waals surface area contributed by atoms with Crippen molar-refractivity contribution in [2.45, 2.75) is 19.4 Å². The molecule has 0 bridgehead atoms. The lowest BCUT2D eigenvalue weighted by atomic mass is 10.0. The number of hydrogen-bond donors (Lipinski definition) is 0. The predicted octanol–water partition coefficient (Wildman–Crippen LogP) is 4.34. The molecule has 0 saturated carbocycles. The summed E-state index contributed by atoms with van der Waals surface area (Å²) >= 11 is 12.2. The Morgan fingerprint density at radius 3 is 3.00 bits per heavy atom. The second-order valence-corrected chi connectivity index (χ2v) is 5.92. The molecule has 1 saturated heterocycles. The Morgan fingerprint density at radius 2 is 2.21 bits per heavy atom. The first-order valence-corrected chi connectivity index (χ1v) is 7.49. The second-order valence-electron chi connectivity index (χ2n) is 5.17. The highest BCUT2D eigenvalue weighted by atomic mass is 35.5. The first-order chi connectivity index (χ1) is 9.20. The van der Waals surface area contributed by atoms with Gasteiger partial charge in [0, 0.05) is 40.8 Å². The Kier molecular flexibility index (Phi) is 3.55. The minimum Gasteiger partial charge on any atom is -0.366 e. The molecular formula is C15H16Cl2N2. The molecule has 19 heavy (non-hydrogen) atoms. The summed E-state index contributed by atoms with van der Waals surface area (Å²) in [6, 6.07) is 8.37. The average molecular weight is 295 g/mol. The lowest BCUT2D eigenvalue weighted by molar-refractivity contribution is 0.550. The molecule has 100 valence electrons. The van der Waals surface area contributed by atoms with Crippen molar-refractivity contribution in [3.05, 3.63) is 35.5 Å². The molecule has 1 aliphatic heterocycles. The fourth-order valence-corrected chi connectivity index (χ4v) is 3.54. The second kappa shape index (κ2) is 5.18. The number of rotatable bonds is 2. The smallest absolute Gasteiger partial charge is 0.0737 e. The molecule has 1 aliphatic rings. The molecule has 2 nitrogen and oxygen atoms in total. The molecule has 2 heterocycles. The van der Waals surface area contributed by atoms with E-state index in [1.807, 2.05) is 24.4 Å². The lowest BCUT2D eigenvalue weighted by Crippen LogP contribution is -2.33. The molecule has 2 aromatic rings. The largest absolute Gasteiger partial charge is 0.366 e. The highest BCUT2D eigenvalue weighted by molar-refractivity contribution is 6.31. The highest BCUT2D eigenvalue weighted by Crippen LogP contribution is 2.34. The van der Waals surface area contributed by atoms with E-state index in [4.69, 9.17) is 23.2 Å². The third-order valence-corrected chi connectivity index (χ3v) is 4.58. The van der Waals surface area contributed by atoms with Gasteiger partial charge in [-0.3, -0.25) is 4.98 Å². The molecule has 0 spiro atoms. The highest BCUT2D eigenvalue weighted by Gasteiger charge is 2.31. The van der Waals surface area contributed by atoms with Crippen LogP contribution in [-0.4, -0.2) is 23.5 Å². The Balaban J connectivity index is 2.10. The quantitative estimate of drug-likeness (QED) is 0.766. The lowest BCUT2D eigenvalue weighted by Gasteiger charge is -2.28. The summed E-state index contributed by atoms with van der Waals surface area (Å²) in [5.74, 6) is 1.30. The molecule has 0 amide bonds. The Morgan fingerprint density at radius 1 is 1.37 bits per heavy atom. The van der Waals surface area contributed by atoms with Crippen LogP contribution in [0.5, 0.6) is 0 Å². The normalized spacial score (nSPS) is 23.2. The average Bonchev–Trinajstić information content (AvgIpc) is 2.78. The van der Waals surface area contributed by atoms with Crippen molar-refractivity contribution in [1.29, 1.82) is 0 Å². The van der Waals surface area contributed by atoms with Gasteiger partial charge in [0.05, 0.1) is 5.52 Å². The summed E-state index contributed by atoms with van der Waals surface area (Å²) in [6.07, 6.45) is 3.04. The maximum absolute atomic E-state index is 6.15. The van der Waals surface area contributed by atoms with Crippen molar-refractivity contribution in [2.75, 3.05) is 17.3 Å². The van der Waals surface area contributed by atoms with Gasteiger partial charge in [0.25, 0.3) is 0 Å². The van der Waals surface area contributed by atoms with Gasteiger partial charge in [-0.2, -0.15) is 0 Å². The number of halogens is 2. The van der Waals surface area contributed by atoms with Gasteiger partial charge in [0.1, 0.15) is 0 Å². The Labute approximate surface area is 123 Å². The standard InChI is InChI=1S/C15H16Cl2N2/c1-10-5-7-19(15(10)9-16)14-4-6-18-13-8-11(17)2-3-12(13)14/h2-4,6,8,10,15H,5,7,9H2,1H3. The number of anilines is 1. The third kappa shape index (κ3) is 2.28. The van der Waals surface area contributed by atoms with E-state index in [1.54, 1.807) is 0 Å². The Hall–Kier alpha value is -0.990. The van der Waals surface area contributed by atoms with Crippen molar-refractivity contribution in [1.82, 2.24) is 4.98 Å². The van der Waals surface area contributed by atoms with E-state index < -0.39 is 0 Å². The number of nitrogens with zero attached hydrogens (tertiary/aromatic N) is 2. The van der Waals surface area contributed by atoms with Gasteiger partial charge < -0.3 is 4.90 Å². The number of benzene rings is 1. The summed E-state index contributed by atoms with van der Waals surface area (Å²) in [5, 5.41) is 1.87. The van der Waals surface area contributed by atoms with Gasteiger partial charge in [-0.25, -0.2) is 0 Å². The minimum atomic E-state index is 0.406. The van der Waals surface area contributed by atoms with E-state index in [-0.39, 0.29) is 0 Å². The van der Waals surface area contributed by atoms with Crippen molar-refractivity contribution in [2.24, 2.45) is 5.92 Å². The van der Waals surface area contributed by atoms with Gasteiger partial charge in [-0.1, -0.05) is 18.5 Å². The van der Waals surface area contributed by atoms with Crippen LogP contribution in [0.3, 0.4) is 0 Å². The first kappa shape index (κ1) is 13.0. The topological polar surface area (TPSA) is 16.1 Å². The fraction of sp³-hybridized carbons (Fsp3) is 0.400. The van der Waals surface area contributed by atoms with Crippen LogP contribution in [0.15, 0.2) is 30.5 Å². The summed E-state index contributed by atoms with van der Waals surface area (Å²) in [7, 11) is 0. The van der Waals surface area contributed by atoms with Gasteiger partial charge in [-0.15, -0.1) is 11.6 Å². The zero-order chi connectivity index (χ0) is 13.4. The molecule has 3 rings (SSSR count). The molecule has 2 unspecified atom stereocenters. The zero-order valence-electron chi connectivity index (χ0n) is 10.8. The van der Waals surface area contributed by atoms with Crippen LogP contribution in [0.4, 0.5) is 5.69 Å². The van der Waals surface area contributed by atoms with E-state index in [0.717, 1.165) is 22.5 Å². The molecule has 4 heteroatoms. The van der Waals surface area contributed by atoms with Crippen molar-refractivity contribution in [3.8, 4) is 0 Å². The molecule has 0 N–H and O–H groups in total. The van der Waals surface area contributed by atoms with Crippen molar-refractivity contribution in [3.63, 3.8) is 0 Å². The van der Waals surface area contributed by atoms with E-state index in [0.29, 0.717) is 17.8 Å². The third-order valence-electron chi connectivity index (χ3n) is 4.03. The Bertz CT molecular complexity index is 600. The zero-order valence-corrected chi connectivity index (χ0v) is 12.3. The molecule has 0 aliphatic carbocycles. The fourth-order valence-electron chi connectivity index (χ4n) is 2.90. The van der Waals surface area contributed by atoms with Crippen LogP contribution in [0.2, 0.25) is 5.02 Å². The maximum atomic E-state index is 6.15. The van der Waals surface area contributed by atoms with Gasteiger partial charge in [0.2, 0.25) is 0 Å². The van der Waals surface area contributed by atoms with Gasteiger partial charge in [0.15, 0.2) is 0 Å². The van der Waals surface area contributed by atoms with Crippen LogP contribution < -0.4 is 4.90 Å². The van der Waals surface area contributed by atoms with Crippen LogP contribution in [0.1, 0.15) is 13.3 Å². The predicted molar refractivity (Wildman–Crippen MR) is 82.4 cm³/mol. The molecule has 0 radical (unpaired) electrons. The minimum absolute atomic E-state index is 0.406. The van der Waals surface area contributed by atoms with Crippen molar-refractivity contribution >= 4 is 39.8 Å². The van der Waals surface area contributed by atoms with E-state index in [1.165, 1.54) is 12.1 Å². The van der Waals surface area contributed by atoms with E-state index >= 15 is 0 Å². The van der Waals surface area contributed by atoms with Crippen LogP contribution >= 0.6 is 23.2 Å². The molecule has 1 aromatic carbocycles.